The molecule has 0 aliphatic heterocycles. The average molecular weight is 226 g/mol. The van der Waals surface area contributed by atoms with E-state index < -0.39 is 11.6 Å². The third kappa shape index (κ3) is 1.83. The second kappa shape index (κ2) is 3.58. The van der Waals surface area contributed by atoms with Crippen molar-refractivity contribution in [2.75, 3.05) is 5.73 Å². The van der Waals surface area contributed by atoms with Gasteiger partial charge in [-0.2, -0.15) is 0 Å². The largest absolute Gasteiger partial charge is 0.396 e. The highest BCUT2D eigenvalue weighted by atomic mass is 32.1. The zero-order chi connectivity index (χ0) is 11.0. The first-order chi connectivity index (χ1) is 7.08. The molecule has 2 aromatic rings. The van der Waals surface area contributed by atoms with E-state index in [0.717, 1.165) is 11.1 Å². The van der Waals surface area contributed by atoms with Crippen LogP contribution in [-0.2, 0) is 0 Å². The van der Waals surface area contributed by atoms with Crippen LogP contribution in [0.2, 0.25) is 0 Å². The molecule has 0 bridgehead atoms. The fourth-order valence-electron chi connectivity index (χ4n) is 1.25. The second-order valence-electron chi connectivity index (χ2n) is 3.11. The van der Waals surface area contributed by atoms with E-state index in [1.54, 1.807) is 5.38 Å². The van der Waals surface area contributed by atoms with Crippen LogP contribution >= 0.6 is 11.3 Å². The van der Waals surface area contributed by atoms with Crippen molar-refractivity contribution in [3.05, 3.63) is 34.2 Å². The third-order valence-electron chi connectivity index (χ3n) is 1.98. The van der Waals surface area contributed by atoms with E-state index in [1.165, 1.54) is 17.4 Å². The number of aryl methyl sites for hydroxylation is 1. The van der Waals surface area contributed by atoms with E-state index in [4.69, 9.17) is 5.73 Å². The van der Waals surface area contributed by atoms with Gasteiger partial charge in [0.05, 0.1) is 16.4 Å². The summed E-state index contributed by atoms with van der Waals surface area (Å²) in [5.41, 5.74) is 6.02. The third-order valence-corrected chi connectivity index (χ3v) is 2.75. The van der Waals surface area contributed by atoms with Gasteiger partial charge in [-0.3, -0.25) is 0 Å². The molecular weight excluding hydrogens is 218 g/mol. The lowest BCUT2D eigenvalue weighted by Gasteiger charge is -2.02. The van der Waals surface area contributed by atoms with Gasteiger partial charge in [-0.25, -0.2) is 13.8 Å². The normalized spacial score (nSPS) is 10.6. The van der Waals surface area contributed by atoms with Crippen LogP contribution < -0.4 is 5.73 Å². The molecule has 2 N–H and O–H groups in total. The summed E-state index contributed by atoms with van der Waals surface area (Å²) < 4.78 is 26.3. The number of benzene rings is 1. The molecule has 0 saturated carbocycles. The van der Waals surface area contributed by atoms with E-state index in [1.807, 2.05) is 6.92 Å². The molecule has 1 aromatic heterocycles. The predicted octanol–water partition coefficient (Wildman–Crippen LogP) is 2.98. The summed E-state index contributed by atoms with van der Waals surface area (Å²) in [6.45, 7) is 1.82. The minimum absolute atomic E-state index is 0.0722. The van der Waals surface area contributed by atoms with Crippen molar-refractivity contribution in [3.63, 3.8) is 0 Å². The lowest BCUT2D eigenvalue weighted by molar-refractivity contribution is 0.588. The predicted molar refractivity (Wildman–Crippen MR) is 56.6 cm³/mol. The molecule has 0 aliphatic rings. The van der Waals surface area contributed by atoms with Gasteiger partial charge in [0, 0.05) is 17.0 Å². The van der Waals surface area contributed by atoms with E-state index in [2.05, 4.69) is 4.98 Å². The second-order valence-corrected chi connectivity index (χ2v) is 4.17. The van der Waals surface area contributed by atoms with Gasteiger partial charge in [0.2, 0.25) is 0 Å². The van der Waals surface area contributed by atoms with Crippen LogP contribution in [0.4, 0.5) is 14.5 Å². The first-order valence-corrected chi connectivity index (χ1v) is 5.13. The van der Waals surface area contributed by atoms with Crippen LogP contribution in [0.3, 0.4) is 0 Å². The number of hydrogen-bond acceptors (Lipinski definition) is 3. The molecule has 2 nitrogen and oxygen atoms in total. The van der Waals surface area contributed by atoms with E-state index in [0.29, 0.717) is 5.69 Å². The first-order valence-electron chi connectivity index (χ1n) is 4.25. The van der Waals surface area contributed by atoms with Crippen molar-refractivity contribution < 1.29 is 8.78 Å². The quantitative estimate of drug-likeness (QED) is 0.759. The van der Waals surface area contributed by atoms with E-state index in [-0.39, 0.29) is 11.3 Å². The molecule has 0 aliphatic carbocycles. The Bertz CT molecular complexity index is 508. The number of aromatic nitrogens is 1. The Labute approximate surface area is 89.4 Å². The maximum Gasteiger partial charge on any atom is 0.149 e. The van der Waals surface area contributed by atoms with Gasteiger partial charge in [0.25, 0.3) is 0 Å². The van der Waals surface area contributed by atoms with Gasteiger partial charge >= 0.3 is 0 Å². The number of rotatable bonds is 1. The molecule has 0 spiro atoms. The van der Waals surface area contributed by atoms with Crippen molar-refractivity contribution in [3.8, 4) is 11.3 Å². The lowest BCUT2D eigenvalue weighted by atomic mass is 10.1. The number of nitrogen functional groups attached to an aromatic ring is 1. The number of nitrogens with zero attached hydrogens (tertiary/aromatic N) is 1. The standard InChI is InChI=1S/C10H8F2N2S/c1-5-14-10(4-15-5)6-2-9(13)8(12)3-7(6)11/h2-4H,13H2,1H3. The molecule has 5 heteroatoms. The number of nitrogens with two attached hydrogens (primary N) is 1. The highest BCUT2D eigenvalue weighted by Gasteiger charge is 2.11. The maximum atomic E-state index is 13.4. The summed E-state index contributed by atoms with van der Waals surface area (Å²) in [6, 6.07) is 2.04. The molecule has 1 heterocycles. The van der Waals surface area contributed by atoms with Crippen LogP contribution in [0.5, 0.6) is 0 Å². The van der Waals surface area contributed by atoms with Crippen molar-refractivity contribution in [1.82, 2.24) is 4.98 Å². The van der Waals surface area contributed by atoms with E-state index >= 15 is 0 Å². The molecular formula is C10H8F2N2S. The number of hydrogen-bond donors (Lipinski definition) is 1. The van der Waals surface area contributed by atoms with Crippen LogP contribution in [0.15, 0.2) is 17.5 Å². The highest BCUT2D eigenvalue weighted by Crippen LogP contribution is 2.27. The fraction of sp³-hybridized carbons (Fsp3) is 0.100. The summed E-state index contributed by atoms with van der Waals surface area (Å²) in [4.78, 5) is 4.11. The Balaban J connectivity index is 2.58. The highest BCUT2D eigenvalue weighted by molar-refractivity contribution is 7.09. The van der Waals surface area contributed by atoms with Crippen molar-refractivity contribution >= 4 is 17.0 Å². The molecule has 0 radical (unpaired) electrons. The molecule has 2 rings (SSSR count). The van der Waals surface area contributed by atoms with Crippen molar-refractivity contribution in [2.24, 2.45) is 0 Å². The Morgan fingerprint density at radius 3 is 2.60 bits per heavy atom. The van der Waals surface area contributed by atoms with Crippen LogP contribution in [0, 0.1) is 18.6 Å². The monoisotopic (exact) mass is 226 g/mol. The number of thiazole rings is 1. The Hall–Kier alpha value is -1.49. The first kappa shape index (κ1) is 10.0. The SMILES string of the molecule is Cc1nc(-c2cc(N)c(F)cc2F)cs1. The topological polar surface area (TPSA) is 38.9 Å². The number of halogens is 2. The molecule has 0 saturated heterocycles. The smallest absolute Gasteiger partial charge is 0.149 e. The number of anilines is 1. The Morgan fingerprint density at radius 1 is 1.27 bits per heavy atom. The summed E-state index contributed by atoms with van der Waals surface area (Å²) in [6.07, 6.45) is 0. The molecule has 15 heavy (non-hydrogen) atoms. The zero-order valence-electron chi connectivity index (χ0n) is 7.92. The zero-order valence-corrected chi connectivity index (χ0v) is 8.74. The van der Waals surface area contributed by atoms with Crippen molar-refractivity contribution in [2.45, 2.75) is 6.92 Å². The van der Waals surface area contributed by atoms with Crippen LogP contribution in [0.1, 0.15) is 5.01 Å². The molecule has 78 valence electrons. The van der Waals surface area contributed by atoms with Crippen molar-refractivity contribution in [1.29, 1.82) is 0 Å². The van der Waals surface area contributed by atoms with Gasteiger partial charge in [-0.05, 0) is 13.0 Å². The van der Waals surface area contributed by atoms with E-state index in [9.17, 15) is 8.78 Å². The maximum absolute atomic E-state index is 13.4. The summed E-state index contributed by atoms with van der Waals surface area (Å²) in [7, 11) is 0. The van der Waals surface area contributed by atoms with Gasteiger partial charge in [-0.15, -0.1) is 11.3 Å². The molecule has 1 aromatic carbocycles. The molecule has 0 unspecified atom stereocenters. The van der Waals surface area contributed by atoms with Gasteiger partial charge in [0.1, 0.15) is 11.6 Å². The summed E-state index contributed by atoms with van der Waals surface area (Å²) in [5, 5.41) is 2.54. The Kier molecular flexibility index (Phi) is 2.40. The minimum atomic E-state index is -0.747. The van der Waals surface area contributed by atoms with Gasteiger partial charge in [-0.1, -0.05) is 0 Å². The minimum Gasteiger partial charge on any atom is -0.396 e. The van der Waals surface area contributed by atoms with Crippen LogP contribution in [0.25, 0.3) is 11.3 Å². The van der Waals surface area contributed by atoms with Crippen LogP contribution in [-0.4, -0.2) is 4.98 Å². The summed E-state index contributed by atoms with van der Waals surface area (Å²) >= 11 is 1.41. The fourth-order valence-corrected chi connectivity index (χ4v) is 1.86. The summed E-state index contributed by atoms with van der Waals surface area (Å²) in [5.74, 6) is -1.39. The average Bonchev–Trinajstić information content (AvgIpc) is 2.58. The Morgan fingerprint density at radius 2 is 2.00 bits per heavy atom. The van der Waals surface area contributed by atoms with Gasteiger partial charge < -0.3 is 5.73 Å². The lowest BCUT2D eigenvalue weighted by Crippen LogP contribution is -1.94. The van der Waals surface area contributed by atoms with Gasteiger partial charge in [0.15, 0.2) is 0 Å². The molecule has 0 amide bonds. The molecule has 0 fully saturated rings. The molecule has 0 atom stereocenters.